The highest BCUT2D eigenvalue weighted by molar-refractivity contribution is 6.10. The van der Waals surface area contributed by atoms with E-state index < -0.39 is 36.0 Å². The van der Waals surface area contributed by atoms with Gasteiger partial charge < -0.3 is 10.6 Å². The molecule has 0 radical (unpaired) electrons. The number of hydrogen-bond acceptors (Lipinski definition) is 4. The summed E-state index contributed by atoms with van der Waals surface area (Å²) in [5.41, 5.74) is 1.93. The fraction of sp³-hybridized carbons (Fsp3) is 0.500. The van der Waals surface area contributed by atoms with Gasteiger partial charge in [0.05, 0.1) is 0 Å². The van der Waals surface area contributed by atoms with Gasteiger partial charge >= 0.3 is 12.1 Å². The largest absolute Gasteiger partial charge is 0.335 e. The molecule has 1 aromatic rings. The summed E-state index contributed by atoms with van der Waals surface area (Å²) < 4.78 is 0. The maximum atomic E-state index is 12.9. The number of benzene rings is 1. The molecule has 1 heterocycles. The summed E-state index contributed by atoms with van der Waals surface area (Å²) in [6.07, 6.45) is 3.78. The van der Waals surface area contributed by atoms with Gasteiger partial charge in [-0.15, -0.1) is 0 Å². The van der Waals surface area contributed by atoms with E-state index in [2.05, 4.69) is 16.0 Å². The minimum absolute atomic E-state index is 0.0902. The molecule has 0 spiro atoms. The molecule has 0 unspecified atom stereocenters. The lowest BCUT2D eigenvalue weighted by Crippen LogP contribution is -2.48. The van der Waals surface area contributed by atoms with E-state index in [0.29, 0.717) is 12.0 Å². The highest BCUT2D eigenvalue weighted by Gasteiger charge is 2.49. The van der Waals surface area contributed by atoms with Crippen molar-refractivity contribution in [2.45, 2.75) is 58.0 Å². The number of aryl methyl sites for hydroxylation is 2. The van der Waals surface area contributed by atoms with Gasteiger partial charge in [-0.05, 0) is 56.2 Å². The molecule has 6 amide bonds. The van der Waals surface area contributed by atoms with E-state index in [0.717, 1.165) is 24.2 Å². The molecule has 2 atom stereocenters. The van der Waals surface area contributed by atoms with Crippen LogP contribution in [0.4, 0.5) is 9.59 Å². The summed E-state index contributed by atoms with van der Waals surface area (Å²) in [5.74, 6) is -1.23. The first-order valence-electron chi connectivity index (χ1n) is 9.61. The molecule has 1 aromatic carbocycles. The van der Waals surface area contributed by atoms with Gasteiger partial charge in [-0.3, -0.25) is 19.8 Å². The summed E-state index contributed by atoms with van der Waals surface area (Å²) in [7, 11) is 0. The van der Waals surface area contributed by atoms with Crippen LogP contribution in [0.5, 0.6) is 0 Å². The zero-order valence-electron chi connectivity index (χ0n) is 16.4. The van der Waals surface area contributed by atoms with Crippen molar-refractivity contribution in [2.75, 3.05) is 6.54 Å². The number of carbonyl (C=O) groups excluding carboxylic acids is 4. The molecule has 0 bridgehead atoms. The normalized spacial score (nSPS) is 21.9. The first kappa shape index (κ1) is 19.9. The van der Waals surface area contributed by atoms with Crippen molar-refractivity contribution in [3.05, 3.63) is 34.9 Å². The number of urea groups is 2. The van der Waals surface area contributed by atoms with Gasteiger partial charge in [0.25, 0.3) is 5.91 Å². The lowest BCUT2D eigenvalue weighted by molar-refractivity contribution is -0.134. The number of nitrogens with one attached hydrogen (secondary N) is 3. The molecule has 150 valence electrons. The molecule has 8 nitrogen and oxygen atoms in total. The van der Waals surface area contributed by atoms with Crippen LogP contribution in [0.25, 0.3) is 0 Å². The van der Waals surface area contributed by atoms with Crippen molar-refractivity contribution < 1.29 is 19.2 Å². The molecular weight excluding hydrogens is 360 g/mol. The molecule has 1 aliphatic heterocycles. The topological polar surface area (TPSA) is 108 Å². The van der Waals surface area contributed by atoms with E-state index in [4.69, 9.17) is 0 Å². The Hall–Kier alpha value is -2.90. The lowest BCUT2D eigenvalue weighted by Gasteiger charge is -2.23. The van der Waals surface area contributed by atoms with Crippen LogP contribution in [0.1, 0.15) is 50.3 Å². The first-order valence-corrected chi connectivity index (χ1v) is 9.61. The molecule has 3 N–H and O–H groups in total. The van der Waals surface area contributed by atoms with Gasteiger partial charge in [0.15, 0.2) is 0 Å². The van der Waals surface area contributed by atoms with E-state index in [-0.39, 0.29) is 6.04 Å². The Morgan fingerprint density at radius 3 is 2.68 bits per heavy atom. The van der Waals surface area contributed by atoms with Crippen molar-refractivity contribution >= 4 is 23.9 Å². The molecule has 3 rings (SSSR count). The lowest BCUT2D eigenvalue weighted by atomic mass is 9.89. The van der Waals surface area contributed by atoms with Crippen LogP contribution in [0.2, 0.25) is 0 Å². The second-order valence-electron chi connectivity index (χ2n) is 7.61. The second kappa shape index (κ2) is 7.61. The molecule has 0 aromatic heterocycles. The summed E-state index contributed by atoms with van der Waals surface area (Å²) in [5, 5.41) is 7.44. The summed E-state index contributed by atoms with van der Waals surface area (Å²) in [4.78, 5) is 50.1. The fourth-order valence-electron chi connectivity index (χ4n) is 3.59. The summed E-state index contributed by atoms with van der Waals surface area (Å²) >= 11 is 0. The van der Waals surface area contributed by atoms with Gasteiger partial charge in [-0.25, -0.2) is 9.59 Å². The van der Waals surface area contributed by atoms with E-state index in [1.54, 1.807) is 6.92 Å². The third-order valence-corrected chi connectivity index (χ3v) is 5.50. The monoisotopic (exact) mass is 386 g/mol. The predicted octanol–water partition coefficient (Wildman–Crippen LogP) is 1.57. The van der Waals surface area contributed by atoms with Crippen molar-refractivity contribution in [1.82, 2.24) is 20.9 Å². The zero-order valence-corrected chi connectivity index (χ0v) is 16.4. The van der Waals surface area contributed by atoms with E-state index >= 15 is 0 Å². The molecule has 28 heavy (non-hydrogen) atoms. The third kappa shape index (κ3) is 3.72. The van der Waals surface area contributed by atoms with Crippen LogP contribution in [-0.4, -0.2) is 41.4 Å². The highest BCUT2D eigenvalue weighted by atomic mass is 16.2. The maximum Gasteiger partial charge on any atom is 0.325 e. The molecule has 1 saturated heterocycles. The second-order valence-corrected chi connectivity index (χ2v) is 7.61. The fourth-order valence-corrected chi connectivity index (χ4v) is 3.59. The first-order chi connectivity index (χ1) is 13.2. The van der Waals surface area contributed by atoms with Crippen LogP contribution in [-0.2, 0) is 28.0 Å². The summed E-state index contributed by atoms with van der Waals surface area (Å²) in [6, 6.07) is 4.43. The Kier molecular flexibility index (Phi) is 5.40. The number of amides is 6. The third-order valence-electron chi connectivity index (χ3n) is 5.50. The van der Waals surface area contributed by atoms with Gasteiger partial charge in [0, 0.05) is 6.04 Å². The molecule has 1 fully saturated rings. The number of fused-ring (bicyclic) bond motifs is 1. The van der Waals surface area contributed by atoms with Gasteiger partial charge in [0.1, 0.15) is 12.1 Å². The quantitative estimate of drug-likeness (QED) is 0.668. The molecule has 2 aliphatic rings. The van der Waals surface area contributed by atoms with Crippen molar-refractivity contribution in [1.29, 1.82) is 0 Å². The summed E-state index contributed by atoms with van der Waals surface area (Å²) in [6.45, 7) is 4.83. The van der Waals surface area contributed by atoms with Crippen molar-refractivity contribution in [3.63, 3.8) is 0 Å². The smallest absolute Gasteiger partial charge is 0.325 e. The number of hydrogen-bond donors (Lipinski definition) is 3. The van der Waals surface area contributed by atoms with E-state index in [9.17, 15) is 19.2 Å². The maximum absolute atomic E-state index is 12.9. The number of nitrogens with zero attached hydrogens (tertiary/aromatic N) is 1. The van der Waals surface area contributed by atoms with Crippen LogP contribution in [0.15, 0.2) is 18.2 Å². The van der Waals surface area contributed by atoms with Gasteiger partial charge in [0.2, 0.25) is 5.91 Å². The molecule has 1 aliphatic carbocycles. The van der Waals surface area contributed by atoms with Crippen molar-refractivity contribution in [3.8, 4) is 0 Å². The van der Waals surface area contributed by atoms with Crippen LogP contribution < -0.4 is 16.0 Å². The van der Waals surface area contributed by atoms with Crippen molar-refractivity contribution in [2.24, 2.45) is 0 Å². The number of imide groups is 2. The van der Waals surface area contributed by atoms with Gasteiger partial charge in [-0.1, -0.05) is 25.1 Å². The van der Waals surface area contributed by atoms with Crippen LogP contribution >= 0.6 is 0 Å². The Morgan fingerprint density at radius 1 is 1.25 bits per heavy atom. The minimum atomic E-state index is -1.23. The SMILES string of the molecule is CC[C@H](C)NC(=O)NC(=O)CN1C(=O)N[C@](C)(c2ccc3c(c2)CCC3)C1=O. The Labute approximate surface area is 164 Å². The average Bonchev–Trinajstić information content (AvgIpc) is 3.19. The number of carbonyl (C=O) groups is 4. The minimum Gasteiger partial charge on any atom is -0.335 e. The Bertz CT molecular complexity index is 837. The standard InChI is InChI=1S/C20H26N4O4/c1-4-12(2)21-18(27)22-16(25)11-24-17(26)20(3,23-19(24)28)15-9-8-13-6-5-7-14(13)10-15/h8-10,12H,4-7,11H2,1-3H3,(H,23,28)(H2,21,22,25,27)/t12-,20+/m0/s1. The number of rotatable bonds is 5. The zero-order chi connectivity index (χ0) is 20.5. The van der Waals surface area contributed by atoms with Crippen LogP contribution in [0, 0.1) is 0 Å². The highest BCUT2D eigenvalue weighted by Crippen LogP contribution is 2.32. The Balaban J connectivity index is 1.69. The average molecular weight is 386 g/mol. The van der Waals surface area contributed by atoms with E-state index in [1.165, 1.54) is 11.1 Å². The molecule has 8 heteroatoms. The molecule has 0 saturated carbocycles. The Morgan fingerprint density at radius 2 is 1.96 bits per heavy atom. The van der Waals surface area contributed by atoms with E-state index in [1.807, 2.05) is 32.0 Å². The predicted molar refractivity (Wildman–Crippen MR) is 102 cm³/mol. The van der Waals surface area contributed by atoms with Crippen LogP contribution in [0.3, 0.4) is 0 Å². The van der Waals surface area contributed by atoms with Gasteiger partial charge in [-0.2, -0.15) is 0 Å². The molecular formula is C20H26N4O4.